The molecule has 0 aliphatic rings. The molecule has 17 heavy (non-hydrogen) atoms. The predicted octanol–water partition coefficient (Wildman–Crippen LogP) is 0.335. The lowest BCUT2D eigenvalue weighted by molar-refractivity contribution is 0.0149. The number of hydrogen-bond acceptors (Lipinski definition) is 5. The van der Waals surface area contributed by atoms with E-state index in [1.165, 1.54) is 0 Å². The van der Waals surface area contributed by atoms with Crippen molar-refractivity contribution in [1.29, 1.82) is 0 Å². The Morgan fingerprint density at radius 3 is 2.06 bits per heavy atom. The highest BCUT2D eigenvalue weighted by molar-refractivity contribution is 4.79. The van der Waals surface area contributed by atoms with Crippen LogP contribution in [0.15, 0.2) is 0 Å². The molecular formula is C12H28N2O3. The molecule has 0 heterocycles. The zero-order valence-electron chi connectivity index (χ0n) is 11.7. The molecule has 0 atom stereocenters. The van der Waals surface area contributed by atoms with Crippen molar-refractivity contribution in [1.82, 2.24) is 4.90 Å². The monoisotopic (exact) mass is 248 g/mol. The second-order valence-electron chi connectivity index (χ2n) is 4.66. The van der Waals surface area contributed by atoms with Crippen molar-refractivity contribution in [3.63, 3.8) is 0 Å². The van der Waals surface area contributed by atoms with Crippen molar-refractivity contribution >= 4 is 0 Å². The molecule has 0 aromatic heterocycles. The van der Waals surface area contributed by atoms with E-state index in [4.69, 9.17) is 19.9 Å². The van der Waals surface area contributed by atoms with Gasteiger partial charge in [-0.2, -0.15) is 0 Å². The fourth-order valence-electron chi connectivity index (χ4n) is 1.12. The van der Waals surface area contributed by atoms with Crippen LogP contribution < -0.4 is 5.73 Å². The van der Waals surface area contributed by atoms with Crippen molar-refractivity contribution in [2.45, 2.75) is 19.4 Å². The molecule has 0 spiro atoms. The first-order chi connectivity index (χ1) is 8.04. The van der Waals surface area contributed by atoms with Crippen LogP contribution in [0.1, 0.15) is 13.8 Å². The molecule has 0 fully saturated rings. The molecule has 104 valence electrons. The van der Waals surface area contributed by atoms with E-state index < -0.39 is 0 Å². The molecule has 0 aliphatic carbocycles. The summed E-state index contributed by atoms with van der Waals surface area (Å²) in [4.78, 5) is 2.21. The normalized spacial score (nSPS) is 12.4. The number of nitrogens with zero attached hydrogens (tertiary/aromatic N) is 1. The second kappa shape index (κ2) is 9.79. The molecule has 0 saturated carbocycles. The van der Waals surface area contributed by atoms with Gasteiger partial charge in [0.25, 0.3) is 0 Å². The smallest absolute Gasteiger partial charge is 0.0701 e. The first-order valence-electron chi connectivity index (χ1n) is 6.10. The Balaban J connectivity index is 3.34. The van der Waals surface area contributed by atoms with Crippen LogP contribution in [0.4, 0.5) is 0 Å². The molecule has 0 amide bonds. The Bertz CT molecular complexity index is 177. The van der Waals surface area contributed by atoms with Gasteiger partial charge in [0.1, 0.15) is 0 Å². The lowest BCUT2D eigenvalue weighted by Gasteiger charge is -2.34. The van der Waals surface area contributed by atoms with E-state index >= 15 is 0 Å². The van der Waals surface area contributed by atoms with Crippen LogP contribution >= 0.6 is 0 Å². The predicted molar refractivity (Wildman–Crippen MR) is 69.3 cm³/mol. The van der Waals surface area contributed by atoms with Gasteiger partial charge >= 0.3 is 0 Å². The van der Waals surface area contributed by atoms with Gasteiger partial charge in [-0.3, -0.25) is 4.90 Å². The van der Waals surface area contributed by atoms with Gasteiger partial charge in [-0.25, -0.2) is 0 Å². The van der Waals surface area contributed by atoms with Crippen LogP contribution in [0.2, 0.25) is 0 Å². The van der Waals surface area contributed by atoms with E-state index in [2.05, 4.69) is 25.8 Å². The molecule has 0 unspecified atom stereocenters. The molecule has 0 rings (SSSR count). The zero-order valence-corrected chi connectivity index (χ0v) is 11.7. The Kier molecular flexibility index (Phi) is 9.68. The molecule has 2 N–H and O–H groups in total. The fourth-order valence-corrected chi connectivity index (χ4v) is 1.12. The minimum absolute atomic E-state index is 0.0261. The molecule has 0 aromatic rings. The number of ether oxygens (including phenoxy) is 3. The first-order valence-corrected chi connectivity index (χ1v) is 6.10. The van der Waals surface area contributed by atoms with Crippen molar-refractivity contribution in [2.75, 3.05) is 60.3 Å². The molecular weight excluding hydrogens is 220 g/mol. The summed E-state index contributed by atoms with van der Waals surface area (Å²) in [7, 11) is 3.72. The van der Waals surface area contributed by atoms with E-state index in [1.54, 1.807) is 7.11 Å². The van der Waals surface area contributed by atoms with E-state index in [0.717, 1.165) is 6.54 Å². The van der Waals surface area contributed by atoms with E-state index in [9.17, 15) is 0 Å². The summed E-state index contributed by atoms with van der Waals surface area (Å²) in [5.41, 5.74) is 5.72. The summed E-state index contributed by atoms with van der Waals surface area (Å²) in [6, 6.07) is 0. The van der Waals surface area contributed by atoms with Gasteiger partial charge in [-0.15, -0.1) is 0 Å². The van der Waals surface area contributed by atoms with Crippen LogP contribution in [-0.2, 0) is 14.2 Å². The number of nitrogens with two attached hydrogens (primary N) is 1. The molecule has 0 bridgehead atoms. The van der Waals surface area contributed by atoms with Crippen molar-refractivity contribution in [3.05, 3.63) is 0 Å². The Hall–Kier alpha value is -0.200. The maximum Gasteiger partial charge on any atom is 0.0701 e. The third kappa shape index (κ3) is 8.51. The summed E-state index contributed by atoms with van der Waals surface area (Å²) in [5.74, 6) is 0. The molecule has 0 saturated heterocycles. The number of likely N-dealkylation sites (N-methyl/N-ethyl adjacent to an activating group) is 1. The summed E-state index contributed by atoms with van der Waals surface area (Å²) < 4.78 is 15.6. The van der Waals surface area contributed by atoms with Gasteiger partial charge in [0.2, 0.25) is 0 Å². The number of methoxy groups -OCH3 is 1. The van der Waals surface area contributed by atoms with Gasteiger partial charge in [-0.1, -0.05) is 0 Å². The standard InChI is InChI=1S/C12H28N2O3/c1-12(2,11-13)14(3)5-6-16-9-10-17-8-7-15-4/h5-11,13H2,1-4H3. The van der Waals surface area contributed by atoms with Gasteiger partial charge in [0.15, 0.2) is 0 Å². The van der Waals surface area contributed by atoms with Crippen LogP contribution in [0, 0.1) is 0 Å². The topological polar surface area (TPSA) is 57.0 Å². The van der Waals surface area contributed by atoms with Gasteiger partial charge in [0, 0.05) is 25.7 Å². The van der Waals surface area contributed by atoms with Crippen LogP contribution in [0.25, 0.3) is 0 Å². The second-order valence-corrected chi connectivity index (χ2v) is 4.66. The highest BCUT2D eigenvalue weighted by Crippen LogP contribution is 2.08. The summed E-state index contributed by atoms with van der Waals surface area (Å²) in [6.45, 7) is 8.97. The quantitative estimate of drug-likeness (QED) is 0.534. The maximum atomic E-state index is 5.69. The van der Waals surface area contributed by atoms with Crippen molar-refractivity contribution < 1.29 is 14.2 Å². The molecule has 5 heteroatoms. The maximum absolute atomic E-state index is 5.69. The summed E-state index contributed by atoms with van der Waals surface area (Å²) in [5, 5.41) is 0. The van der Waals surface area contributed by atoms with E-state index in [-0.39, 0.29) is 5.54 Å². The average molecular weight is 248 g/mol. The fraction of sp³-hybridized carbons (Fsp3) is 1.00. The van der Waals surface area contributed by atoms with Crippen LogP contribution in [0.3, 0.4) is 0 Å². The first kappa shape index (κ1) is 16.8. The molecule has 0 aromatic carbocycles. The number of hydrogen-bond donors (Lipinski definition) is 1. The summed E-state index contributed by atoms with van der Waals surface area (Å²) >= 11 is 0. The highest BCUT2D eigenvalue weighted by Gasteiger charge is 2.20. The van der Waals surface area contributed by atoms with Crippen molar-refractivity contribution in [2.24, 2.45) is 5.73 Å². The Labute approximate surface area is 105 Å². The zero-order chi connectivity index (χ0) is 13.1. The number of rotatable bonds is 11. The Morgan fingerprint density at radius 1 is 1.00 bits per heavy atom. The van der Waals surface area contributed by atoms with Gasteiger partial charge in [0.05, 0.1) is 33.0 Å². The lowest BCUT2D eigenvalue weighted by Crippen LogP contribution is -2.48. The Morgan fingerprint density at radius 2 is 1.53 bits per heavy atom. The largest absolute Gasteiger partial charge is 0.382 e. The minimum atomic E-state index is 0.0261. The van der Waals surface area contributed by atoms with Crippen LogP contribution in [-0.4, -0.2) is 70.7 Å². The summed E-state index contributed by atoms with van der Waals surface area (Å²) in [6.07, 6.45) is 0. The third-order valence-electron chi connectivity index (χ3n) is 2.91. The minimum Gasteiger partial charge on any atom is -0.382 e. The van der Waals surface area contributed by atoms with Gasteiger partial charge in [-0.05, 0) is 20.9 Å². The highest BCUT2D eigenvalue weighted by atomic mass is 16.5. The van der Waals surface area contributed by atoms with Crippen LogP contribution in [0.5, 0.6) is 0 Å². The van der Waals surface area contributed by atoms with E-state index in [1.807, 2.05) is 0 Å². The molecule has 5 nitrogen and oxygen atoms in total. The van der Waals surface area contributed by atoms with Crippen molar-refractivity contribution in [3.8, 4) is 0 Å². The average Bonchev–Trinajstić information content (AvgIpc) is 2.32. The van der Waals surface area contributed by atoms with Gasteiger partial charge < -0.3 is 19.9 Å². The molecule has 0 radical (unpaired) electrons. The SMILES string of the molecule is COCCOCCOCCN(C)C(C)(C)CN. The van der Waals surface area contributed by atoms with E-state index in [0.29, 0.717) is 39.6 Å². The molecule has 0 aliphatic heterocycles. The lowest BCUT2D eigenvalue weighted by atomic mass is 10.0. The third-order valence-corrected chi connectivity index (χ3v) is 2.91.